The van der Waals surface area contributed by atoms with Crippen LogP contribution in [0.3, 0.4) is 0 Å². The first-order valence-corrected chi connectivity index (χ1v) is 9.97. The number of benzene rings is 3. The summed E-state index contributed by atoms with van der Waals surface area (Å²) in [6.45, 7) is 1.24. The number of para-hydroxylation sites is 1. The van der Waals surface area contributed by atoms with Crippen molar-refractivity contribution in [2.24, 2.45) is 5.73 Å². The van der Waals surface area contributed by atoms with Crippen molar-refractivity contribution in [3.63, 3.8) is 0 Å². The fraction of sp³-hybridized carbons (Fsp3) is 0.167. The summed E-state index contributed by atoms with van der Waals surface area (Å²) < 4.78 is 5.79. The smallest absolute Gasteiger partial charge is 0.320 e. The molecule has 0 aliphatic carbocycles. The highest BCUT2D eigenvalue weighted by molar-refractivity contribution is 6.09. The fourth-order valence-corrected chi connectivity index (χ4v) is 4.35. The second-order valence-electron chi connectivity index (χ2n) is 7.51. The van der Waals surface area contributed by atoms with Gasteiger partial charge in [-0.25, -0.2) is 0 Å². The highest BCUT2D eigenvalue weighted by atomic mass is 16.5. The van der Waals surface area contributed by atoms with Crippen LogP contribution in [0, 0.1) is 0 Å². The van der Waals surface area contributed by atoms with Gasteiger partial charge < -0.3 is 20.8 Å². The zero-order valence-electron chi connectivity index (χ0n) is 16.3. The SMILES string of the molecule is NC(=O)c1c(OC(=O)C2CNCCc3[nH]c4ccccc4c32)ccc2ccccc12. The van der Waals surface area contributed by atoms with Gasteiger partial charge in [0.2, 0.25) is 0 Å². The molecule has 2 heterocycles. The molecule has 1 aliphatic rings. The number of hydrogen-bond donors (Lipinski definition) is 3. The third-order valence-electron chi connectivity index (χ3n) is 5.71. The largest absolute Gasteiger partial charge is 0.425 e. The Balaban J connectivity index is 1.57. The number of primary amides is 1. The molecule has 1 amide bonds. The molecule has 0 saturated heterocycles. The van der Waals surface area contributed by atoms with Gasteiger partial charge in [0.15, 0.2) is 0 Å². The van der Waals surface area contributed by atoms with Gasteiger partial charge in [0.05, 0.1) is 11.5 Å². The van der Waals surface area contributed by atoms with E-state index in [2.05, 4.69) is 10.3 Å². The van der Waals surface area contributed by atoms with E-state index in [0.29, 0.717) is 11.9 Å². The molecule has 0 fully saturated rings. The summed E-state index contributed by atoms with van der Waals surface area (Å²) in [5.74, 6) is -1.34. The second kappa shape index (κ2) is 7.31. The molecule has 0 bridgehead atoms. The fourth-order valence-electron chi connectivity index (χ4n) is 4.35. The molecule has 5 rings (SSSR count). The summed E-state index contributed by atoms with van der Waals surface area (Å²) in [7, 11) is 0. The average molecular weight is 399 g/mol. The van der Waals surface area contributed by atoms with Gasteiger partial charge in [-0.3, -0.25) is 9.59 Å². The van der Waals surface area contributed by atoms with Crippen LogP contribution in [0.2, 0.25) is 0 Å². The van der Waals surface area contributed by atoms with E-state index in [4.69, 9.17) is 10.5 Å². The quantitative estimate of drug-likeness (QED) is 0.364. The Morgan fingerprint density at radius 2 is 1.73 bits per heavy atom. The number of aromatic nitrogens is 1. The van der Waals surface area contributed by atoms with E-state index in [1.54, 1.807) is 12.1 Å². The molecule has 4 aromatic rings. The molecule has 0 saturated carbocycles. The molecule has 30 heavy (non-hydrogen) atoms. The summed E-state index contributed by atoms with van der Waals surface area (Å²) >= 11 is 0. The number of carbonyl (C=O) groups is 2. The lowest BCUT2D eigenvalue weighted by Gasteiger charge is -2.17. The van der Waals surface area contributed by atoms with E-state index >= 15 is 0 Å². The Morgan fingerprint density at radius 1 is 0.967 bits per heavy atom. The van der Waals surface area contributed by atoms with Crippen LogP contribution >= 0.6 is 0 Å². The van der Waals surface area contributed by atoms with Gasteiger partial charge in [-0.05, 0) is 28.5 Å². The van der Waals surface area contributed by atoms with Crippen LogP contribution in [0.5, 0.6) is 5.75 Å². The Kier molecular flexibility index (Phi) is 4.48. The van der Waals surface area contributed by atoms with Crippen molar-refractivity contribution < 1.29 is 14.3 Å². The predicted octanol–water partition coefficient (Wildman–Crippen LogP) is 3.25. The molecule has 150 valence electrons. The number of hydrogen-bond acceptors (Lipinski definition) is 4. The molecular formula is C24H21N3O3. The van der Waals surface area contributed by atoms with Crippen LogP contribution < -0.4 is 15.8 Å². The first-order chi connectivity index (χ1) is 14.6. The van der Waals surface area contributed by atoms with Gasteiger partial charge >= 0.3 is 5.97 Å². The maximum atomic E-state index is 13.3. The molecule has 6 nitrogen and oxygen atoms in total. The first kappa shape index (κ1) is 18.4. The molecule has 4 N–H and O–H groups in total. The van der Waals surface area contributed by atoms with E-state index in [-0.39, 0.29) is 11.3 Å². The van der Waals surface area contributed by atoms with Gasteiger partial charge in [0, 0.05) is 36.1 Å². The summed E-state index contributed by atoms with van der Waals surface area (Å²) in [4.78, 5) is 28.9. The van der Waals surface area contributed by atoms with Crippen LogP contribution in [-0.4, -0.2) is 29.9 Å². The van der Waals surface area contributed by atoms with Gasteiger partial charge in [-0.2, -0.15) is 0 Å². The number of nitrogens with two attached hydrogens (primary N) is 1. The molecule has 0 spiro atoms. The molecule has 6 heteroatoms. The van der Waals surface area contributed by atoms with E-state index < -0.39 is 17.8 Å². The summed E-state index contributed by atoms with van der Waals surface area (Å²) in [5.41, 5.74) is 8.88. The predicted molar refractivity (Wildman–Crippen MR) is 116 cm³/mol. The van der Waals surface area contributed by atoms with Crippen molar-refractivity contribution in [2.45, 2.75) is 12.3 Å². The van der Waals surface area contributed by atoms with Gasteiger partial charge in [0.1, 0.15) is 5.75 Å². The van der Waals surface area contributed by atoms with Crippen molar-refractivity contribution in [1.29, 1.82) is 0 Å². The molecule has 1 aromatic heterocycles. The summed E-state index contributed by atoms with van der Waals surface area (Å²) in [6, 6.07) is 18.8. The van der Waals surface area contributed by atoms with Crippen molar-refractivity contribution in [3.8, 4) is 5.75 Å². The molecule has 1 atom stereocenters. The lowest BCUT2D eigenvalue weighted by molar-refractivity contribution is -0.136. The zero-order chi connectivity index (χ0) is 20.7. The standard InChI is InChI=1S/C24H21N3O3/c25-23(28)22-15-6-2-1-5-14(15)9-10-20(22)30-24(29)17-13-26-12-11-19-21(17)16-7-3-4-8-18(16)27-19/h1-10,17,26-27H,11-13H2,(H2,25,28). The molecule has 1 aliphatic heterocycles. The van der Waals surface area contributed by atoms with E-state index in [9.17, 15) is 9.59 Å². The normalized spacial score (nSPS) is 16.2. The minimum atomic E-state index is -0.624. The van der Waals surface area contributed by atoms with Crippen LogP contribution in [0.25, 0.3) is 21.7 Å². The van der Waals surface area contributed by atoms with Gasteiger partial charge in [0.25, 0.3) is 5.91 Å². The molecule has 0 radical (unpaired) electrons. The minimum Gasteiger partial charge on any atom is -0.425 e. The highest BCUT2D eigenvalue weighted by Crippen LogP contribution is 2.34. The Bertz CT molecular complexity index is 1290. The van der Waals surface area contributed by atoms with Crippen molar-refractivity contribution in [3.05, 3.63) is 77.5 Å². The lowest BCUT2D eigenvalue weighted by Crippen LogP contribution is -2.29. The number of aromatic amines is 1. The van der Waals surface area contributed by atoms with Gasteiger partial charge in [-0.15, -0.1) is 0 Å². The van der Waals surface area contributed by atoms with E-state index in [1.807, 2.05) is 48.5 Å². The molecular weight excluding hydrogens is 378 g/mol. The van der Waals surface area contributed by atoms with Crippen molar-refractivity contribution in [1.82, 2.24) is 10.3 Å². The Hall–Kier alpha value is -3.64. The number of carbonyl (C=O) groups excluding carboxylic acids is 2. The number of rotatable bonds is 3. The van der Waals surface area contributed by atoms with Crippen LogP contribution in [0.15, 0.2) is 60.7 Å². The zero-order valence-corrected chi connectivity index (χ0v) is 16.3. The third-order valence-corrected chi connectivity index (χ3v) is 5.71. The Morgan fingerprint density at radius 3 is 2.57 bits per heavy atom. The van der Waals surface area contributed by atoms with Crippen molar-refractivity contribution >= 4 is 33.6 Å². The van der Waals surface area contributed by atoms with E-state index in [0.717, 1.165) is 40.5 Å². The summed E-state index contributed by atoms with van der Waals surface area (Å²) in [5, 5.41) is 5.87. The molecule has 1 unspecified atom stereocenters. The van der Waals surface area contributed by atoms with Crippen LogP contribution in [0.1, 0.15) is 27.5 Å². The summed E-state index contributed by atoms with van der Waals surface area (Å²) in [6.07, 6.45) is 0.802. The maximum absolute atomic E-state index is 13.3. The lowest BCUT2D eigenvalue weighted by atomic mass is 9.95. The monoisotopic (exact) mass is 399 g/mol. The second-order valence-corrected chi connectivity index (χ2v) is 7.51. The third kappa shape index (κ3) is 3.02. The number of esters is 1. The number of nitrogens with one attached hydrogen (secondary N) is 2. The van der Waals surface area contributed by atoms with Gasteiger partial charge in [-0.1, -0.05) is 48.5 Å². The molecule has 3 aromatic carbocycles. The van der Waals surface area contributed by atoms with E-state index in [1.165, 1.54) is 0 Å². The van der Waals surface area contributed by atoms with Crippen molar-refractivity contribution in [2.75, 3.05) is 13.1 Å². The minimum absolute atomic E-state index is 0.192. The number of ether oxygens (including phenoxy) is 1. The number of amides is 1. The number of H-pyrrole nitrogens is 1. The highest BCUT2D eigenvalue weighted by Gasteiger charge is 2.31. The van der Waals surface area contributed by atoms with Crippen LogP contribution in [0.4, 0.5) is 0 Å². The Labute approximate surface area is 173 Å². The average Bonchev–Trinajstić information content (AvgIpc) is 2.98. The first-order valence-electron chi connectivity index (χ1n) is 9.97. The maximum Gasteiger partial charge on any atom is 0.320 e. The van der Waals surface area contributed by atoms with Crippen LogP contribution in [-0.2, 0) is 11.2 Å². The topological polar surface area (TPSA) is 97.2 Å². The number of fused-ring (bicyclic) bond motifs is 4.